The highest BCUT2D eigenvalue weighted by Crippen LogP contribution is 2.37. The van der Waals surface area contributed by atoms with Gasteiger partial charge in [-0.25, -0.2) is 0 Å². The molecule has 1 atom stereocenters. The van der Waals surface area contributed by atoms with Crippen LogP contribution in [0.2, 0.25) is 0 Å². The van der Waals surface area contributed by atoms with Crippen LogP contribution in [0.15, 0.2) is 24.3 Å². The number of alkyl halides is 3. The minimum Gasteiger partial charge on any atom is -0.360 e. The maximum Gasteiger partial charge on any atom is 0.416 e. The molecule has 1 saturated heterocycles. The predicted octanol–water partition coefficient (Wildman–Crippen LogP) is 1.88. The third-order valence-corrected chi connectivity index (χ3v) is 2.08. The Kier molecular flexibility index (Phi) is 1.84. The van der Waals surface area contributed by atoms with E-state index >= 15 is 0 Å². The zero-order chi connectivity index (χ0) is 10.4. The number of hydrogen-bond acceptors (Lipinski definition) is 2. The van der Waals surface area contributed by atoms with Crippen molar-refractivity contribution < 1.29 is 23.0 Å². The van der Waals surface area contributed by atoms with Crippen molar-refractivity contribution in [2.24, 2.45) is 0 Å². The van der Waals surface area contributed by atoms with Crippen LogP contribution in [-0.4, -0.2) is 11.7 Å². The van der Waals surface area contributed by atoms with Crippen molar-refractivity contribution in [3.05, 3.63) is 35.4 Å². The number of rotatable bonds is 1. The fraction of sp³-hybridized carbons (Fsp3) is 0.333. The molecule has 1 aromatic carbocycles. The summed E-state index contributed by atoms with van der Waals surface area (Å²) < 4.78 is 41.1. The average molecular weight is 204 g/mol. The summed E-state index contributed by atoms with van der Waals surface area (Å²) in [6, 6.07) is 4.29. The van der Waals surface area contributed by atoms with Gasteiger partial charge in [0.2, 0.25) is 5.79 Å². The lowest BCUT2D eigenvalue weighted by molar-refractivity contribution is -0.137. The van der Waals surface area contributed by atoms with E-state index in [-0.39, 0.29) is 6.61 Å². The summed E-state index contributed by atoms with van der Waals surface area (Å²) in [6.07, 6.45) is -4.34. The number of epoxide rings is 1. The largest absolute Gasteiger partial charge is 0.416 e. The first-order valence-corrected chi connectivity index (χ1v) is 3.96. The van der Waals surface area contributed by atoms with Gasteiger partial charge < -0.3 is 9.84 Å². The summed E-state index contributed by atoms with van der Waals surface area (Å²) in [5.74, 6) is -1.36. The van der Waals surface area contributed by atoms with Crippen molar-refractivity contribution in [2.75, 3.05) is 6.61 Å². The predicted molar refractivity (Wildman–Crippen MR) is 41.3 cm³/mol. The van der Waals surface area contributed by atoms with Gasteiger partial charge in [0.25, 0.3) is 0 Å². The van der Waals surface area contributed by atoms with Crippen molar-refractivity contribution in [1.82, 2.24) is 0 Å². The third-order valence-electron chi connectivity index (χ3n) is 2.08. The molecule has 76 valence electrons. The molecule has 0 bridgehead atoms. The van der Waals surface area contributed by atoms with Gasteiger partial charge in [0.05, 0.1) is 5.56 Å². The molecule has 1 aliphatic heterocycles. The molecule has 2 nitrogen and oxygen atoms in total. The minimum atomic E-state index is -4.34. The summed E-state index contributed by atoms with van der Waals surface area (Å²) in [4.78, 5) is 0. The summed E-state index contributed by atoms with van der Waals surface area (Å²) in [5.41, 5.74) is -0.379. The molecule has 0 saturated carbocycles. The van der Waals surface area contributed by atoms with E-state index in [0.29, 0.717) is 5.56 Å². The Hall–Kier alpha value is -1.07. The third kappa shape index (κ3) is 1.60. The highest BCUT2D eigenvalue weighted by Gasteiger charge is 2.44. The van der Waals surface area contributed by atoms with Gasteiger partial charge >= 0.3 is 6.18 Å². The zero-order valence-corrected chi connectivity index (χ0v) is 7.01. The number of benzene rings is 1. The number of aliphatic hydroxyl groups is 1. The standard InChI is InChI=1S/C9H7F3O2/c10-9(11,12)7-3-1-6(2-4-7)8(13)5-14-8/h1-4,13H,5H2. The topological polar surface area (TPSA) is 32.8 Å². The average Bonchev–Trinajstić information content (AvgIpc) is 2.84. The van der Waals surface area contributed by atoms with Crippen LogP contribution >= 0.6 is 0 Å². The molecule has 1 aliphatic rings. The summed E-state index contributed by atoms with van der Waals surface area (Å²) in [5, 5.41) is 9.39. The van der Waals surface area contributed by atoms with Crippen LogP contribution in [-0.2, 0) is 16.7 Å². The SMILES string of the molecule is OC1(c2ccc(C(F)(F)F)cc2)CO1. The molecule has 1 aromatic rings. The first kappa shape index (κ1) is 9.48. The fourth-order valence-electron chi connectivity index (χ4n) is 1.15. The molecule has 0 radical (unpaired) electrons. The van der Waals surface area contributed by atoms with E-state index in [0.717, 1.165) is 12.1 Å². The first-order valence-electron chi connectivity index (χ1n) is 3.96. The van der Waals surface area contributed by atoms with E-state index in [9.17, 15) is 18.3 Å². The van der Waals surface area contributed by atoms with Crippen LogP contribution in [0.4, 0.5) is 13.2 Å². The number of halogens is 3. The Balaban J connectivity index is 2.27. The first-order chi connectivity index (χ1) is 6.42. The molecule has 1 unspecified atom stereocenters. The van der Waals surface area contributed by atoms with Gasteiger partial charge in [-0.2, -0.15) is 13.2 Å². The Morgan fingerprint density at radius 2 is 1.71 bits per heavy atom. The van der Waals surface area contributed by atoms with Gasteiger partial charge in [0.15, 0.2) is 0 Å². The number of hydrogen-bond donors (Lipinski definition) is 1. The molecule has 14 heavy (non-hydrogen) atoms. The van der Waals surface area contributed by atoms with Crippen molar-refractivity contribution >= 4 is 0 Å². The molecule has 0 aliphatic carbocycles. The summed E-state index contributed by atoms with van der Waals surface area (Å²) in [6.45, 7) is 0.137. The van der Waals surface area contributed by atoms with Crippen LogP contribution < -0.4 is 0 Å². The van der Waals surface area contributed by atoms with E-state index in [1.54, 1.807) is 0 Å². The maximum absolute atomic E-state index is 12.1. The minimum absolute atomic E-state index is 0.137. The Bertz CT molecular complexity index is 314. The fourth-order valence-corrected chi connectivity index (χ4v) is 1.15. The lowest BCUT2D eigenvalue weighted by Gasteiger charge is -2.08. The molecule has 0 amide bonds. The Morgan fingerprint density at radius 3 is 2.07 bits per heavy atom. The Labute approximate surface area is 77.9 Å². The monoisotopic (exact) mass is 204 g/mol. The molecular weight excluding hydrogens is 197 g/mol. The maximum atomic E-state index is 12.1. The van der Waals surface area contributed by atoms with Gasteiger partial charge in [-0.1, -0.05) is 12.1 Å². The van der Waals surface area contributed by atoms with Gasteiger partial charge in [-0.05, 0) is 12.1 Å². The van der Waals surface area contributed by atoms with Gasteiger partial charge in [-0.15, -0.1) is 0 Å². The van der Waals surface area contributed by atoms with Crippen molar-refractivity contribution in [1.29, 1.82) is 0 Å². The molecule has 0 aromatic heterocycles. The summed E-state index contributed by atoms with van der Waals surface area (Å²) >= 11 is 0. The van der Waals surface area contributed by atoms with Crippen molar-refractivity contribution in [3.8, 4) is 0 Å². The second-order valence-corrected chi connectivity index (χ2v) is 3.15. The molecule has 1 heterocycles. The molecule has 5 heteroatoms. The Morgan fingerprint density at radius 1 is 1.21 bits per heavy atom. The van der Waals surface area contributed by atoms with E-state index in [4.69, 9.17) is 0 Å². The van der Waals surface area contributed by atoms with Crippen molar-refractivity contribution in [3.63, 3.8) is 0 Å². The van der Waals surface area contributed by atoms with E-state index < -0.39 is 17.5 Å². The van der Waals surface area contributed by atoms with Gasteiger partial charge in [-0.3, -0.25) is 0 Å². The molecular formula is C9H7F3O2. The van der Waals surface area contributed by atoms with Crippen LogP contribution in [0.3, 0.4) is 0 Å². The second-order valence-electron chi connectivity index (χ2n) is 3.15. The van der Waals surface area contributed by atoms with Crippen LogP contribution in [0.25, 0.3) is 0 Å². The van der Waals surface area contributed by atoms with Gasteiger partial charge in [0.1, 0.15) is 6.61 Å². The quantitative estimate of drug-likeness (QED) is 0.708. The molecule has 1 fully saturated rings. The smallest absolute Gasteiger partial charge is 0.360 e. The van der Waals surface area contributed by atoms with E-state index in [2.05, 4.69) is 4.74 Å². The second kappa shape index (κ2) is 2.71. The summed E-state index contributed by atoms with van der Waals surface area (Å²) in [7, 11) is 0. The van der Waals surface area contributed by atoms with Crippen LogP contribution in [0.5, 0.6) is 0 Å². The lowest BCUT2D eigenvalue weighted by Crippen LogP contribution is -2.09. The van der Waals surface area contributed by atoms with Crippen molar-refractivity contribution in [2.45, 2.75) is 12.0 Å². The zero-order valence-electron chi connectivity index (χ0n) is 7.01. The van der Waals surface area contributed by atoms with Crippen LogP contribution in [0.1, 0.15) is 11.1 Å². The molecule has 2 rings (SSSR count). The molecule has 1 N–H and O–H groups in total. The number of ether oxygens (including phenoxy) is 1. The van der Waals surface area contributed by atoms with Gasteiger partial charge in [0, 0.05) is 5.56 Å². The van der Waals surface area contributed by atoms with E-state index in [1.807, 2.05) is 0 Å². The highest BCUT2D eigenvalue weighted by atomic mass is 19.4. The van der Waals surface area contributed by atoms with Crippen LogP contribution in [0, 0.1) is 0 Å². The molecule has 0 spiro atoms. The lowest BCUT2D eigenvalue weighted by atomic mass is 10.1. The highest BCUT2D eigenvalue weighted by molar-refractivity contribution is 5.29. The van der Waals surface area contributed by atoms with E-state index in [1.165, 1.54) is 12.1 Å². The normalized spacial score (nSPS) is 26.3.